The summed E-state index contributed by atoms with van der Waals surface area (Å²) in [5, 5.41) is 4.19. The van der Waals surface area contributed by atoms with Crippen LogP contribution in [0.3, 0.4) is 0 Å². The molecule has 1 unspecified atom stereocenters. The lowest BCUT2D eigenvalue weighted by atomic mass is 9.90. The van der Waals surface area contributed by atoms with E-state index >= 15 is 0 Å². The van der Waals surface area contributed by atoms with Crippen molar-refractivity contribution in [3.05, 3.63) is 76.4 Å². The lowest BCUT2D eigenvalue weighted by Crippen LogP contribution is -2.48. The molecule has 1 atom stereocenters. The fraction of sp³-hybridized carbons (Fsp3) is 0.385. The molecule has 32 heavy (non-hydrogen) atoms. The zero-order valence-corrected chi connectivity index (χ0v) is 19.4. The van der Waals surface area contributed by atoms with Crippen molar-refractivity contribution in [1.29, 1.82) is 0 Å². The predicted octanol–water partition coefficient (Wildman–Crippen LogP) is 4.89. The molecule has 0 spiro atoms. The molecule has 1 aliphatic heterocycles. The minimum absolute atomic E-state index is 0.00138. The van der Waals surface area contributed by atoms with E-state index in [-0.39, 0.29) is 11.9 Å². The average Bonchev–Trinajstić information content (AvgIpc) is 3.18. The lowest BCUT2D eigenvalue weighted by molar-refractivity contribution is -0.114. The van der Waals surface area contributed by atoms with Crippen LogP contribution in [0.4, 0.5) is 10.7 Å². The van der Waals surface area contributed by atoms with Crippen molar-refractivity contribution < 1.29 is 4.79 Å². The fourth-order valence-electron chi connectivity index (χ4n) is 5.06. The SMILES string of the molecule is CC(=O)Nc1sc2c(c1C(c1ccccn1)N1CCN(c3ccccc3)CC1)CCCC2. The number of pyridine rings is 1. The standard InChI is InChI=1S/C26H30N4OS/c1-19(31)28-26-24(21-11-5-6-13-23(21)32-26)25(22-12-7-8-14-27-22)30-17-15-29(16-18-30)20-9-3-2-4-10-20/h2-4,7-10,12,14,25H,5-6,11,13,15-18H2,1H3,(H,28,31). The van der Waals surface area contributed by atoms with Gasteiger partial charge in [0, 0.05) is 55.4 Å². The number of aryl methyl sites for hydroxylation is 1. The van der Waals surface area contributed by atoms with Gasteiger partial charge in [-0.05, 0) is 55.5 Å². The summed E-state index contributed by atoms with van der Waals surface area (Å²) in [6.45, 7) is 5.49. The van der Waals surface area contributed by atoms with Gasteiger partial charge in [0.1, 0.15) is 5.00 Å². The van der Waals surface area contributed by atoms with Crippen LogP contribution in [0.25, 0.3) is 0 Å². The maximum absolute atomic E-state index is 12.1. The number of para-hydroxylation sites is 1. The van der Waals surface area contributed by atoms with E-state index in [4.69, 9.17) is 4.98 Å². The van der Waals surface area contributed by atoms with E-state index in [2.05, 4.69) is 57.6 Å². The number of fused-ring (bicyclic) bond motifs is 1. The maximum Gasteiger partial charge on any atom is 0.221 e. The van der Waals surface area contributed by atoms with Gasteiger partial charge in [-0.2, -0.15) is 0 Å². The van der Waals surface area contributed by atoms with Gasteiger partial charge in [0.2, 0.25) is 5.91 Å². The molecule has 1 aliphatic carbocycles. The van der Waals surface area contributed by atoms with E-state index in [0.717, 1.165) is 49.7 Å². The number of carbonyl (C=O) groups excluding carboxylic acids is 1. The van der Waals surface area contributed by atoms with Gasteiger partial charge in [-0.25, -0.2) is 0 Å². The van der Waals surface area contributed by atoms with Crippen molar-refractivity contribution in [2.75, 3.05) is 36.4 Å². The van der Waals surface area contributed by atoms with Gasteiger partial charge in [-0.3, -0.25) is 14.7 Å². The molecule has 5 nitrogen and oxygen atoms in total. The van der Waals surface area contributed by atoms with E-state index in [9.17, 15) is 4.79 Å². The van der Waals surface area contributed by atoms with Crippen LogP contribution < -0.4 is 10.2 Å². The van der Waals surface area contributed by atoms with E-state index in [0.29, 0.717) is 0 Å². The van der Waals surface area contributed by atoms with Gasteiger partial charge in [0.15, 0.2) is 0 Å². The molecular weight excluding hydrogens is 416 g/mol. The van der Waals surface area contributed by atoms with Crippen molar-refractivity contribution in [3.8, 4) is 0 Å². The average molecular weight is 447 g/mol. The monoisotopic (exact) mass is 446 g/mol. The Morgan fingerprint density at radius 3 is 2.47 bits per heavy atom. The van der Waals surface area contributed by atoms with Crippen LogP contribution in [0.15, 0.2) is 54.7 Å². The molecule has 166 valence electrons. The van der Waals surface area contributed by atoms with Crippen LogP contribution >= 0.6 is 11.3 Å². The number of anilines is 2. The third kappa shape index (κ3) is 4.30. The largest absolute Gasteiger partial charge is 0.369 e. The zero-order chi connectivity index (χ0) is 21.9. The molecule has 6 heteroatoms. The molecule has 1 saturated heterocycles. The lowest BCUT2D eigenvalue weighted by Gasteiger charge is -2.40. The summed E-state index contributed by atoms with van der Waals surface area (Å²) < 4.78 is 0. The number of aromatic nitrogens is 1. The van der Waals surface area contributed by atoms with E-state index in [1.54, 1.807) is 18.3 Å². The minimum atomic E-state index is -0.00138. The number of benzene rings is 1. The summed E-state index contributed by atoms with van der Waals surface area (Å²) >= 11 is 1.78. The molecule has 1 amide bonds. The van der Waals surface area contributed by atoms with Crippen LogP contribution in [0, 0.1) is 0 Å². The molecule has 3 aromatic rings. The molecule has 0 saturated carbocycles. The number of thiophene rings is 1. The van der Waals surface area contributed by atoms with Crippen molar-refractivity contribution >= 4 is 27.9 Å². The van der Waals surface area contributed by atoms with Crippen molar-refractivity contribution in [3.63, 3.8) is 0 Å². The van der Waals surface area contributed by atoms with Crippen LogP contribution in [0.1, 0.15) is 47.5 Å². The number of carbonyl (C=O) groups is 1. The predicted molar refractivity (Wildman–Crippen MR) is 132 cm³/mol. The Morgan fingerprint density at radius 1 is 1.00 bits per heavy atom. The summed E-state index contributed by atoms with van der Waals surface area (Å²) in [7, 11) is 0. The number of amides is 1. The van der Waals surface area contributed by atoms with Gasteiger partial charge < -0.3 is 10.2 Å². The molecule has 2 aromatic heterocycles. The summed E-state index contributed by atoms with van der Waals surface area (Å²) in [6, 6.07) is 16.9. The highest BCUT2D eigenvalue weighted by atomic mass is 32.1. The van der Waals surface area contributed by atoms with Gasteiger partial charge in [0.25, 0.3) is 0 Å². The molecule has 0 bridgehead atoms. The van der Waals surface area contributed by atoms with Crippen LogP contribution in [0.2, 0.25) is 0 Å². The Bertz CT molecular complexity index is 1060. The molecule has 1 aromatic carbocycles. The Morgan fingerprint density at radius 2 is 1.75 bits per heavy atom. The Balaban J connectivity index is 1.51. The molecule has 1 N–H and O–H groups in total. The first-order chi connectivity index (χ1) is 15.7. The summed E-state index contributed by atoms with van der Waals surface area (Å²) in [4.78, 5) is 23.3. The number of piperazine rings is 1. The first-order valence-electron chi connectivity index (χ1n) is 11.6. The van der Waals surface area contributed by atoms with E-state index in [1.807, 2.05) is 12.3 Å². The Labute approximate surface area is 194 Å². The minimum Gasteiger partial charge on any atom is -0.369 e. The third-order valence-electron chi connectivity index (χ3n) is 6.54. The van der Waals surface area contributed by atoms with Crippen LogP contribution in [-0.4, -0.2) is 42.0 Å². The molecule has 0 radical (unpaired) electrons. The number of hydrogen-bond acceptors (Lipinski definition) is 5. The summed E-state index contributed by atoms with van der Waals surface area (Å²) in [5.74, 6) is -0.00138. The van der Waals surface area contributed by atoms with E-state index in [1.165, 1.54) is 34.5 Å². The summed E-state index contributed by atoms with van der Waals surface area (Å²) in [5.41, 5.74) is 5.09. The topological polar surface area (TPSA) is 48.5 Å². The van der Waals surface area contributed by atoms with Crippen LogP contribution in [-0.2, 0) is 17.6 Å². The maximum atomic E-state index is 12.1. The van der Waals surface area contributed by atoms with Gasteiger partial charge >= 0.3 is 0 Å². The quantitative estimate of drug-likeness (QED) is 0.606. The van der Waals surface area contributed by atoms with Crippen molar-refractivity contribution in [2.24, 2.45) is 0 Å². The molecule has 2 aliphatic rings. The highest BCUT2D eigenvalue weighted by Crippen LogP contribution is 2.45. The molecular formula is C26H30N4OS. The second kappa shape index (κ2) is 9.43. The van der Waals surface area contributed by atoms with Gasteiger partial charge in [0.05, 0.1) is 11.7 Å². The second-order valence-corrected chi connectivity index (χ2v) is 9.76. The normalized spacial score (nSPS) is 17.6. The highest BCUT2D eigenvalue weighted by Gasteiger charge is 2.34. The van der Waals surface area contributed by atoms with E-state index < -0.39 is 0 Å². The first-order valence-corrected chi connectivity index (χ1v) is 12.4. The van der Waals surface area contributed by atoms with Gasteiger partial charge in [-0.1, -0.05) is 24.3 Å². The second-order valence-electron chi connectivity index (χ2n) is 8.65. The fourth-order valence-corrected chi connectivity index (χ4v) is 6.43. The highest BCUT2D eigenvalue weighted by molar-refractivity contribution is 7.16. The molecule has 1 fully saturated rings. The third-order valence-corrected chi connectivity index (χ3v) is 7.77. The zero-order valence-electron chi connectivity index (χ0n) is 18.6. The Kier molecular flexibility index (Phi) is 6.23. The number of nitrogens with one attached hydrogen (secondary N) is 1. The van der Waals surface area contributed by atoms with Crippen molar-refractivity contribution in [2.45, 2.75) is 38.6 Å². The number of hydrogen-bond donors (Lipinski definition) is 1. The van der Waals surface area contributed by atoms with Crippen LogP contribution in [0.5, 0.6) is 0 Å². The Hall–Kier alpha value is -2.70. The molecule has 3 heterocycles. The summed E-state index contributed by atoms with van der Waals surface area (Å²) in [6.07, 6.45) is 6.54. The van der Waals surface area contributed by atoms with Gasteiger partial charge in [-0.15, -0.1) is 11.3 Å². The van der Waals surface area contributed by atoms with Crippen molar-refractivity contribution in [1.82, 2.24) is 9.88 Å². The number of nitrogens with zero attached hydrogens (tertiary/aromatic N) is 3. The number of rotatable bonds is 5. The smallest absolute Gasteiger partial charge is 0.221 e. The molecule has 5 rings (SSSR count). The first kappa shape index (κ1) is 21.2.